The zero-order valence-corrected chi connectivity index (χ0v) is 36.4. The Bertz CT molecular complexity index is 7060. The maximum absolute atomic E-state index is 9.36. The highest BCUT2D eigenvalue weighted by Crippen LogP contribution is 2.48. The highest BCUT2D eigenvalue weighted by molar-refractivity contribution is 6.27. The molecule has 0 atom stereocenters. The van der Waals surface area contributed by atoms with Gasteiger partial charge < -0.3 is 8.73 Å². The lowest BCUT2D eigenvalue weighted by molar-refractivity contribution is 0.669. The fraction of sp³-hybridized carbons (Fsp3) is 0.0141. The number of benzene rings is 14. The van der Waals surface area contributed by atoms with E-state index in [4.69, 9.17) is 54.0 Å². The molecule has 0 amide bonds. The van der Waals surface area contributed by atoms with E-state index in [1.54, 1.807) is 0 Å². The van der Waals surface area contributed by atoms with E-state index in [9.17, 15) is 15.1 Å². The maximum Gasteiger partial charge on any atom is 0.350 e. The molecule has 0 saturated heterocycles. The van der Waals surface area contributed by atoms with Crippen molar-refractivity contribution in [1.29, 1.82) is 0 Å². The van der Waals surface area contributed by atoms with E-state index < -0.39 is 408 Å². The molecular weight excluding hydrogens is 899 g/mol. The SMILES string of the molecule is C.[2H]c1c([2H])c([2H])c(-c2c3c([2H])c([2H])c([2H])c([2H])c3c(-c3c([2H])c([2H])c([2H])c4oc5c([2H])c6c([2H])c([2H])c([2H])c([2H])c6c([2H])c5c34)c3c([2H])c([2H])c([2H])c([2H])c23)c([2H])c1[2H].[2H]c1c([2H])c([2H])c2c([2H])c(-c3c4c([2H])c([2H])c([2H])c([2H])c4c(-c4c([2H])c([2H])c([2H])c5c([2H])c([2H])c([2H])c([2H])c45)c4c([2H])c([2H])c([2H])c([2H])c34)c([2H])c([2H])c2c1[2H].[B]F. The minimum Gasteiger partial charge on any atom is -0.456 e. The van der Waals surface area contributed by atoms with Gasteiger partial charge in [0.2, 0.25) is 0 Å². The van der Waals surface area contributed by atoms with Crippen molar-refractivity contribution in [1.82, 2.24) is 0 Å². The van der Waals surface area contributed by atoms with Gasteiger partial charge in [-0.1, -0.05) is 249 Å². The number of halogens is 1. The largest absolute Gasteiger partial charge is 0.456 e. The van der Waals surface area contributed by atoms with E-state index in [0.717, 1.165) is 0 Å². The van der Waals surface area contributed by atoms with Crippen LogP contribution in [0.3, 0.4) is 0 Å². The van der Waals surface area contributed by atoms with Crippen LogP contribution in [-0.4, -0.2) is 8.12 Å². The molecule has 1 heterocycles. The minimum absolute atomic E-state index is 0. The van der Waals surface area contributed by atoms with Crippen molar-refractivity contribution in [2.24, 2.45) is 0 Å². The third kappa shape index (κ3) is 7.64. The van der Waals surface area contributed by atoms with Crippen molar-refractivity contribution in [3.63, 3.8) is 0 Å². The average molecular weight is 991 g/mol. The summed E-state index contributed by atoms with van der Waals surface area (Å²) in [6.07, 6.45) is 0. The molecule has 0 unspecified atom stereocenters. The molecule has 15 aromatic rings. The zero-order valence-electron chi connectivity index (χ0n) is 80.4. The van der Waals surface area contributed by atoms with E-state index >= 15 is 0 Å². The van der Waals surface area contributed by atoms with Crippen LogP contribution in [0.15, 0.2) is 270 Å². The quantitative estimate of drug-likeness (QED) is 0.127. The van der Waals surface area contributed by atoms with E-state index in [1.165, 1.54) is 0 Å². The fourth-order valence-electron chi connectivity index (χ4n) is 8.64. The topological polar surface area (TPSA) is 13.1 Å². The summed E-state index contributed by atoms with van der Waals surface area (Å²) in [5.41, 5.74) is -6.17. The van der Waals surface area contributed by atoms with E-state index in [2.05, 4.69) is 8.12 Å². The van der Waals surface area contributed by atoms with Crippen molar-refractivity contribution in [2.75, 3.05) is 0 Å². The second-order valence-electron chi connectivity index (χ2n) is 15.3. The van der Waals surface area contributed by atoms with Gasteiger partial charge in [-0.25, -0.2) is 0 Å². The predicted octanol–water partition coefficient (Wildman–Crippen LogP) is 20.7. The molecule has 0 bridgehead atoms. The smallest absolute Gasteiger partial charge is 0.350 e. The first-order valence-corrected chi connectivity index (χ1v) is 21.1. The number of furan rings is 1. The molecule has 74 heavy (non-hydrogen) atoms. The van der Waals surface area contributed by atoms with Crippen molar-refractivity contribution in [3.05, 3.63) is 266 Å². The van der Waals surface area contributed by atoms with Crippen LogP contribution in [0.1, 0.15) is 67.7 Å². The fourth-order valence-corrected chi connectivity index (χ4v) is 8.64. The minimum atomic E-state index is -0.915. The van der Waals surface area contributed by atoms with Crippen molar-refractivity contribution < 1.29 is 69.0 Å². The second-order valence-corrected chi connectivity index (χ2v) is 15.3. The van der Waals surface area contributed by atoms with Gasteiger partial charge in [0.1, 0.15) is 11.2 Å². The lowest BCUT2D eigenvalue weighted by Gasteiger charge is -2.19. The highest BCUT2D eigenvalue weighted by atomic mass is 19.1. The van der Waals surface area contributed by atoms with Gasteiger partial charge in [-0.2, -0.15) is 0 Å². The van der Waals surface area contributed by atoms with Crippen LogP contribution >= 0.6 is 0 Å². The van der Waals surface area contributed by atoms with Gasteiger partial charge in [0.15, 0.2) is 0 Å². The number of hydrogen-bond donors (Lipinski definition) is 0. The molecule has 0 spiro atoms. The Hall–Kier alpha value is -9.31. The van der Waals surface area contributed by atoms with Gasteiger partial charge in [0.25, 0.3) is 0 Å². The molecule has 1 aromatic heterocycles. The van der Waals surface area contributed by atoms with Crippen molar-refractivity contribution >= 4 is 105 Å². The van der Waals surface area contributed by atoms with Crippen LogP contribution < -0.4 is 0 Å². The molecule has 0 aliphatic rings. The predicted molar refractivity (Wildman–Crippen MR) is 318 cm³/mol. The van der Waals surface area contributed by atoms with E-state index in [-0.39, 0.29) is 7.43 Å². The highest BCUT2D eigenvalue weighted by Gasteiger charge is 2.21. The number of rotatable bonds is 4. The molecule has 3 heteroatoms. The van der Waals surface area contributed by atoms with Gasteiger partial charge in [0, 0.05) is 10.8 Å². The second kappa shape index (κ2) is 19.4. The molecule has 0 aliphatic heterocycles. The Labute approximate surface area is 492 Å². The first-order valence-electron chi connectivity index (χ1n) is 43.1. The van der Waals surface area contributed by atoms with Crippen LogP contribution in [0, 0.1) is 0 Å². The van der Waals surface area contributed by atoms with E-state index in [1.807, 2.05) is 0 Å². The Morgan fingerprint density at radius 3 is 1.23 bits per heavy atom. The Morgan fingerprint density at radius 2 is 0.662 bits per heavy atom. The number of fused-ring (bicyclic) bond motifs is 10. The van der Waals surface area contributed by atoms with Crippen LogP contribution in [0.2, 0.25) is 0 Å². The molecule has 0 aliphatic carbocycles. The van der Waals surface area contributed by atoms with Crippen LogP contribution in [0.25, 0.3) is 142 Å². The summed E-state index contributed by atoms with van der Waals surface area (Å²) in [6.45, 7) is 0. The van der Waals surface area contributed by atoms with Gasteiger partial charge in [-0.3, -0.25) is 0 Å². The molecule has 14 aromatic carbocycles. The van der Waals surface area contributed by atoms with Gasteiger partial charge in [-0.15, -0.1) is 0 Å². The Morgan fingerprint density at radius 1 is 0.270 bits per heavy atom. The van der Waals surface area contributed by atoms with Gasteiger partial charge in [-0.05, 0) is 144 Å². The third-order valence-electron chi connectivity index (χ3n) is 11.5. The standard InChI is InChI=1S/C36H22O.C34H22.CH4.BF/c1-2-11-23(12-3-1)34-26-15-6-8-17-28(26)35(29-18-9-7-16-27(29)34)30-19-10-20-32-36(30)31-21-24-13-4-5-14-25(24)22-33(31)37-32;1-2-12-25-22-26(21-20-23(25)10-1)33-29-15-5-7-17-31(29)34(32-18-8-6-16-30(32)33)28-19-9-13-24-11-3-4-14-27(24)28;;1-2/h1-22H;1-22H;1H4;/i2*1D,2D,3D,4D,5D,6D,7D,8D,9D,10D,11D,12D,13D,14D,15D,16D,17D,18D,19D,20D,21D,22D;;. The molecule has 1 nitrogen and oxygen atoms in total. The first kappa shape index (κ1) is 18.3. The van der Waals surface area contributed by atoms with Gasteiger partial charge >= 0.3 is 8.12 Å². The van der Waals surface area contributed by atoms with E-state index in [0.29, 0.717) is 0 Å². The van der Waals surface area contributed by atoms with Crippen molar-refractivity contribution in [3.8, 4) is 44.5 Å². The molecule has 0 N–H and O–H groups in total. The lowest BCUT2D eigenvalue weighted by Crippen LogP contribution is -1.91. The first-order chi connectivity index (χ1) is 54.6. The Kier molecular flexibility index (Phi) is 4.79. The molecule has 0 saturated carbocycles. The summed E-state index contributed by atoms with van der Waals surface area (Å²) < 4.78 is 402. The summed E-state index contributed by atoms with van der Waals surface area (Å²) in [5, 5.41) is -9.02. The normalized spacial score (nSPS) is 19.6. The molecule has 0 fully saturated rings. The number of hydrogen-bond acceptors (Lipinski definition) is 1. The molecular formula is C71H48BFO. The summed E-state index contributed by atoms with van der Waals surface area (Å²) in [7, 11) is 3.00. The summed E-state index contributed by atoms with van der Waals surface area (Å²) >= 11 is 0. The van der Waals surface area contributed by atoms with Crippen LogP contribution in [-0.2, 0) is 0 Å². The zero-order chi connectivity index (χ0) is 87.1. The van der Waals surface area contributed by atoms with Crippen molar-refractivity contribution in [2.45, 2.75) is 7.43 Å². The monoisotopic (exact) mass is 991 g/mol. The van der Waals surface area contributed by atoms with Gasteiger partial charge in [0.05, 0.1) is 60.3 Å². The summed E-state index contributed by atoms with van der Waals surface area (Å²) in [4.78, 5) is 0. The Balaban J connectivity index is 0.000000211. The van der Waals surface area contributed by atoms with Crippen LogP contribution in [0.5, 0.6) is 0 Å². The molecule has 2 radical (unpaired) electrons. The molecule has 348 valence electrons. The molecule has 15 rings (SSSR count). The summed E-state index contributed by atoms with van der Waals surface area (Å²) in [6, 6.07) is -37.3. The maximum atomic E-state index is 9.36. The lowest BCUT2D eigenvalue weighted by atomic mass is 9.84. The average Bonchev–Trinajstić information content (AvgIpc) is 0.978. The third-order valence-corrected chi connectivity index (χ3v) is 11.5. The summed E-state index contributed by atoms with van der Waals surface area (Å²) in [5.74, 6) is 0. The van der Waals surface area contributed by atoms with Crippen LogP contribution in [0.4, 0.5) is 4.32 Å².